The quantitative estimate of drug-likeness (QED) is 0.166. The molecule has 4 heteroatoms. The number of Topliss-reactive ketones (excluding diaryl/α,β-unsaturated/α-hetero) is 1. The van der Waals surface area contributed by atoms with E-state index in [0.29, 0.717) is 5.56 Å². The number of halogens is 3. The van der Waals surface area contributed by atoms with Crippen molar-refractivity contribution in [1.82, 2.24) is 0 Å². The molecule has 0 aliphatic heterocycles. The molecule has 0 unspecified atom stereocenters. The maximum atomic E-state index is 12.6. The average Bonchev–Trinajstić information content (AvgIpc) is 2.94. The zero-order valence-corrected chi connectivity index (χ0v) is 17.3. The fourth-order valence-electron chi connectivity index (χ4n) is 3.08. The summed E-state index contributed by atoms with van der Waals surface area (Å²) >= 11 is 13.4. The van der Waals surface area contributed by atoms with Crippen LogP contribution in [0.3, 0.4) is 0 Å². The third kappa shape index (κ3) is 3.13. The Balaban J connectivity index is 1.96. The summed E-state index contributed by atoms with van der Waals surface area (Å²) in [6, 6.07) is 21.2. The van der Waals surface area contributed by atoms with Gasteiger partial charge in [-0.05, 0) is 46.5 Å². The topological polar surface area (TPSA) is 17.1 Å². The number of carbonyl (C=O) groups is 1. The Bertz CT molecular complexity index is 1060. The highest BCUT2D eigenvalue weighted by Crippen LogP contribution is 2.45. The maximum absolute atomic E-state index is 12.6. The van der Waals surface area contributed by atoms with Crippen molar-refractivity contribution >= 4 is 54.8 Å². The Morgan fingerprint density at radius 1 is 0.769 bits per heavy atom. The number of allylic oxidation sites excluding steroid dienone is 1. The first kappa shape index (κ1) is 17.5. The van der Waals surface area contributed by atoms with Crippen molar-refractivity contribution in [2.75, 3.05) is 0 Å². The Labute approximate surface area is 173 Å². The first-order chi connectivity index (χ1) is 12.5. The largest absolute Gasteiger partial charge is 0.287 e. The number of benzene rings is 3. The Hall–Kier alpha value is -1.90. The standard InChI is InChI=1S/C22H11Br2ClO/c23-14-6-8-16-17-9-7-15(24)11-19(17)20(18(16)10-14)12-21(25)22(26)13-4-2-1-3-5-13/h1-11H. The van der Waals surface area contributed by atoms with Crippen LogP contribution >= 0.6 is 43.5 Å². The molecule has 0 radical (unpaired) electrons. The summed E-state index contributed by atoms with van der Waals surface area (Å²) in [5, 5.41) is 0.0740. The van der Waals surface area contributed by atoms with Crippen molar-refractivity contribution in [2.24, 2.45) is 0 Å². The van der Waals surface area contributed by atoms with Gasteiger partial charge in [-0.2, -0.15) is 0 Å². The van der Waals surface area contributed by atoms with Gasteiger partial charge in [-0.3, -0.25) is 4.79 Å². The van der Waals surface area contributed by atoms with Crippen LogP contribution in [0.1, 0.15) is 21.5 Å². The molecule has 1 aliphatic rings. The molecule has 0 amide bonds. The molecule has 0 saturated carbocycles. The SMILES string of the molecule is O=C(C(Cl)=C=C1c2cc(Br)ccc2-c2ccc(Br)cc21)c1ccccc1. The zero-order valence-electron chi connectivity index (χ0n) is 13.4. The third-order valence-electron chi connectivity index (χ3n) is 4.26. The van der Waals surface area contributed by atoms with Gasteiger partial charge in [0.2, 0.25) is 5.78 Å². The summed E-state index contributed by atoms with van der Waals surface area (Å²) in [5.74, 6) is -0.236. The molecule has 3 aromatic carbocycles. The normalized spacial score (nSPS) is 11.6. The van der Waals surface area contributed by atoms with Gasteiger partial charge in [0.15, 0.2) is 0 Å². The van der Waals surface area contributed by atoms with E-state index in [-0.39, 0.29) is 10.8 Å². The van der Waals surface area contributed by atoms with E-state index in [1.165, 1.54) is 0 Å². The molecule has 1 nitrogen and oxygen atoms in total. The molecule has 1 aliphatic carbocycles. The molecule has 0 aromatic heterocycles. The summed E-state index contributed by atoms with van der Waals surface area (Å²) in [6.45, 7) is 0. The van der Waals surface area contributed by atoms with Gasteiger partial charge in [0.05, 0.1) is 0 Å². The molecule has 0 heterocycles. The predicted molar refractivity (Wildman–Crippen MR) is 113 cm³/mol. The van der Waals surface area contributed by atoms with Gasteiger partial charge in [0.25, 0.3) is 0 Å². The summed E-state index contributed by atoms with van der Waals surface area (Å²) in [5.41, 5.74) is 8.75. The van der Waals surface area contributed by atoms with Gasteiger partial charge >= 0.3 is 0 Å². The van der Waals surface area contributed by atoms with Crippen molar-refractivity contribution in [3.8, 4) is 11.1 Å². The summed E-state index contributed by atoms with van der Waals surface area (Å²) in [6.07, 6.45) is 0. The number of ketones is 1. The van der Waals surface area contributed by atoms with E-state index in [1.54, 1.807) is 12.1 Å². The first-order valence-electron chi connectivity index (χ1n) is 7.91. The molecule has 0 spiro atoms. The van der Waals surface area contributed by atoms with Crippen molar-refractivity contribution in [3.63, 3.8) is 0 Å². The lowest BCUT2D eigenvalue weighted by Gasteiger charge is -2.02. The fraction of sp³-hybridized carbons (Fsp3) is 0. The monoisotopic (exact) mass is 484 g/mol. The van der Waals surface area contributed by atoms with Crippen LogP contribution in [0.2, 0.25) is 0 Å². The Kier molecular flexibility index (Phi) is 4.73. The average molecular weight is 487 g/mol. The minimum Gasteiger partial charge on any atom is -0.287 e. The number of carbonyl (C=O) groups excluding carboxylic acids is 1. The zero-order chi connectivity index (χ0) is 18.3. The lowest BCUT2D eigenvalue weighted by molar-refractivity contribution is 0.104. The molecular weight excluding hydrogens is 476 g/mol. The van der Waals surface area contributed by atoms with E-state index in [1.807, 2.05) is 42.5 Å². The van der Waals surface area contributed by atoms with Crippen LogP contribution in [0.25, 0.3) is 16.7 Å². The highest BCUT2D eigenvalue weighted by atomic mass is 79.9. The van der Waals surface area contributed by atoms with E-state index in [9.17, 15) is 4.79 Å². The number of hydrogen-bond acceptors (Lipinski definition) is 1. The molecule has 0 atom stereocenters. The highest BCUT2D eigenvalue weighted by molar-refractivity contribution is 9.10. The number of hydrogen-bond donors (Lipinski definition) is 0. The van der Waals surface area contributed by atoms with Crippen molar-refractivity contribution in [1.29, 1.82) is 0 Å². The second-order valence-electron chi connectivity index (χ2n) is 5.89. The smallest absolute Gasteiger partial charge is 0.212 e. The maximum Gasteiger partial charge on any atom is 0.212 e. The fourth-order valence-corrected chi connectivity index (χ4v) is 4.00. The van der Waals surface area contributed by atoms with Crippen LogP contribution in [-0.2, 0) is 0 Å². The second kappa shape index (κ2) is 7.02. The van der Waals surface area contributed by atoms with Crippen molar-refractivity contribution in [2.45, 2.75) is 0 Å². The van der Waals surface area contributed by atoms with Crippen molar-refractivity contribution in [3.05, 3.63) is 103 Å². The highest BCUT2D eigenvalue weighted by Gasteiger charge is 2.24. The molecule has 0 fully saturated rings. The molecule has 3 aromatic rings. The number of fused-ring (bicyclic) bond motifs is 3. The van der Waals surface area contributed by atoms with E-state index >= 15 is 0 Å². The molecule has 4 rings (SSSR count). The van der Waals surface area contributed by atoms with E-state index in [2.05, 4.69) is 49.7 Å². The summed E-state index contributed by atoms with van der Waals surface area (Å²) < 4.78 is 1.93. The molecule has 26 heavy (non-hydrogen) atoms. The van der Waals surface area contributed by atoms with Gasteiger partial charge in [-0.15, -0.1) is 0 Å². The van der Waals surface area contributed by atoms with E-state index in [0.717, 1.165) is 36.8 Å². The van der Waals surface area contributed by atoms with Gasteiger partial charge in [0.1, 0.15) is 5.03 Å². The van der Waals surface area contributed by atoms with Crippen LogP contribution in [0, 0.1) is 0 Å². The lowest BCUT2D eigenvalue weighted by Crippen LogP contribution is -1.97. The molecular formula is C22H11Br2ClO. The van der Waals surface area contributed by atoms with E-state index in [4.69, 9.17) is 11.6 Å². The Morgan fingerprint density at radius 3 is 1.85 bits per heavy atom. The molecule has 126 valence electrons. The molecule has 0 N–H and O–H groups in total. The van der Waals surface area contributed by atoms with Gasteiger partial charge in [-0.1, -0.05) is 91.7 Å². The van der Waals surface area contributed by atoms with Gasteiger partial charge < -0.3 is 0 Å². The number of rotatable bonds is 2. The summed E-state index contributed by atoms with van der Waals surface area (Å²) in [7, 11) is 0. The van der Waals surface area contributed by atoms with Crippen LogP contribution in [-0.4, -0.2) is 5.78 Å². The van der Waals surface area contributed by atoms with Gasteiger partial charge in [0, 0.05) is 20.1 Å². The van der Waals surface area contributed by atoms with E-state index < -0.39 is 0 Å². The first-order valence-corrected chi connectivity index (χ1v) is 9.87. The van der Waals surface area contributed by atoms with Crippen LogP contribution in [0.5, 0.6) is 0 Å². The van der Waals surface area contributed by atoms with Gasteiger partial charge in [-0.25, -0.2) is 0 Å². The minimum absolute atomic E-state index is 0.0740. The second-order valence-corrected chi connectivity index (χ2v) is 8.10. The minimum atomic E-state index is -0.236. The predicted octanol–water partition coefficient (Wildman–Crippen LogP) is 7.23. The van der Waals surface area contributed by atoms with Crippen molar-refractivity contribution < 1.29 is 4.79 Å². The summed E-state index contributed by atoms with van der Waals surface area (Å²) in [4.78, 5) is 12.6. The van der Waals surface area contributed by atoms with Crippen LogP contribution in [0.15, 0.2) is 86.4 Å². The third-order valence-corrected chi connectivity index (χ3v) is 5.51. The Morgan fingerprint density at radius 2 is 1.31 bits per heavy atom. The lowest BCUT2D eigenvalue weighted by atomic mass is 10.0. The molecule has 0 saturated heterocycles. The molecule has 0 bridgehead atoms. The van der Waals surface area contributed by atoms with Crippen LogP contribution < -0.4 is 0 Å². The van der Waals surface area contributed by atoms with Crippen LogP contribution in [0.4, 0.5) is 0 Å².